The summed E-state index contributed by atoms with van der Waals surface area (Å²) in [5.41, 5.74) is 4.25. The predicted molar refractivity (Wildman–Crippen MR) is 128 cm³/mol. The molecule has 0 saturated heterocycles. The average molecular weight is 538 g/mol. The van der Waals surface area contributed by atoms with Crippen molar-refractivity contribution < 1.29 is 48.7 Å². The Morgan fingerprint density at radius 2 is 1.87 bits per heavy atom. The number of hydrogen-bond donors (Lipinski definition) is 7. The Morgan fingerprint density at radius 1 is 1.21 bits per heavy atom. The molecule has 3 aliphatic carbocycles. The number of halogens is 2. The number of nitrogens with two attached hydrogens (primary N) is 1. The van der Waals surface area contributed by atoms with Crippen LogP contribution in [0.15, 0.2) is 29.0 Å². The number of aromatic hydroxyl groups is 1. The highest BCUT2D eigenvalue weighted by molar-refractivity contribution is 6.09. The Bertz CT molecular complexity index is 1270. The van der Waals surface area contributed by atoms with Gasteiger partial charge in [-0.3, -0.25) is 19.3 Å². The molecule has 3 aliphatic rings. The molecule has 1 fully saturated rings. The average Bonchev–Trinajstić information content (AvgIpc) is 2.77. The molecule has 4 rings (SSSR count). The number of carbonyl (C=O) groups is 3. The molecule has 0 bridgehead atoms. The quantitative estimate of drug-likeness (QED) is 0.184. The molecule has 4 atom stereocenters. The molecule has 0 heterocycles. The van der Waals surface area contributed by atoms with Crippen molar-refractivity contribution in [1.29, 1.82) is 0 Å². The zero-order valence-corrected chi connectivity index (χ0v) is 20.6. The first-order chi connectivity index (χ1) is 17.7. The smallest absolute Gasteiger partial charge is 0.253 e. The van der Waals surface area contributed by atoms with Gasteiger partial charge in [-0.2, -0.15) is 0 Å². The van der Waals surface area contributed by atoms with E-state index in [2.05, 4.69) is 5.32 Å². The molecular weight excluding hydrogens is 508 g/mol. The number of allylic oxidation sites excluding steroid dienone is 1. The number of carbonyl (C=O) groups excluding carboxylic acids is 3. The Kier molecular flexibility index (Phi) is 7.08. The van der Waals surface area contributed by atoms with Gasteiger partial charge in [-0.25, -0.2) is 8.78 Å². The lowest BCUT2D eigenvalue weighted by atomic mass is 9.57. The largest absolute Gasteiger partial charge is 0.510 e. The summed E-state index contributed by atoms with van der Waals surface area (Å²) in [6.07, 6.45) is -2.67. The van der Waals surface area contributed by atoms with Crippen LogP contribution in [0.25, 0.3) is 5.76 Å². The number of amides is 1. The lowest BCUT2D eigenvalue weighted by Gasteiger charge is -2.51. The summed E-state index contributed by atoms with van der Waals surface area (Å²) in [5.74, 6) is -11.1. The third-order valence-corrected chi connectivity index (χ3v) is 7.61. The number of primary amides is 1. The molecule has 0 aliphatic heterocycles. The number of ketones is 2. The minimum atomic E-state index is -3.14. The highest BCUT2D eigenvalue weighted by Crippen LogP contribution is 2.53. The van der Waals surface area contributed by atoms with Crippen molar-refractivity contribution in [2.75, 3.05) is 27.2 Å². The Morgan fingerprint density at radius 3 is 2.45 bits per heavy atom. The number of fused-ring (bicyclic) bond motifs is 3. The van der Waals surface area contributed by atoms with E-state index in [9.17, 15) is 48.7 Å². The molecule has 13 heteroatoms. The molecular formula is C25H29F2N3O8. The Labute approximate surface area is 215 Å². The SMILES string of the molecule is CN(C)[C@@H]1C(O)=C(C(N)=O)C(O)(O)C2C(=O)C3=C(O)c4c(O)ccc(C(=O)CNCC(F)F)c4CC3CC21. The van der Waals surface area contributed by atoms with Crippen molar-refractivity contribution in [2.45, 2.75) is 31.1 Å². The molecule has 0 radical (unpaired) electrons. The summed E-state index contributed by atoms with van der Waals surface area (Å²) in [6, 6.07) is 1.42. The van der Waals surface area contributed by atoms with Gasteiger partial charge < -0.3 is 36.6 Å². The van der Waals surface area contributed by atoms with Crippen molar-refractivity contribution in [3.63, 3.8) is 0 Å². The fourth-order valence-electron chi connectivity index (χ4n) is 6.21. The number of Topliss-reactive ketones (excluding diaryl/α,β-unsaturated/α-hetero) is 2. The van der Waals surface area contributed by atoms with Crippen LogP contribution < -0.4 is 11.1 Å². The van der Waals surface area contributed by atoms with E-state index in [-0.39, 0.29) is 35.1 Å². The van der Waals surface area contributed by atoms with Gasteiger partial charge in [0.2, 0.25) is 5.79 Å². The lowest BCUT2D eigenvalue weighted by Crippen LogP contribution is -2.62. The van der Waals surface area contributed by atoms with Gasteiger partial charge in [-0.1, -0.05) is 0 Å². The van der Waals surface area contributed by atoms with Crippen LogP contribution in [0.2, 0.25) is 0 Å². The molecule has 38 heavy (non-hydrogen) atoms. The summed E-state index contributed by atoms with van der Waals surface area (Å²) >= 11 is 0. The Balaban J connectivity index is 1.83. The van der Waals surface area contributed by atoms with Crippen LogP contribution in [0.5, 0.6) is 5.75 Å². The number of rotatable bonds is 7. The molecule has 8 N–H and O–H groups in total. The third-order valence-electron chi connectivity index (χ3n) is 7.61. The van der Waals surface area contributed by atoms with E-state index in [1.54, 1.807) is 14.1 Å². The maximum absolute atomic E-state index is 13.8. The first-order valence-corrected chi connectivity index (χ1v) is 11.9. The van der Waals surface area contributed by atoms with E-state index in [4.69, 9.17) is 5.73 Å². The summed E-state index contributed by atoms with van der Waals surface area (Å²) in [4.78, 5) is 40.2. The molecule has 11 nitrogen and oxygen atoms in total. The van der Waals surface area contributed by atoms with E-state index < -0.39 is 89.4 Å². The minimum Gasteiger partial charge on any atom is -0.510 e. The van der Waals surface area contributed by atoms with Crippen molar-refractivity contribution in [3.8, 4) is 5.75 Å². The first-order valence-electron chi connectivity index (χ1n) is 11.9. The molecule has 1 saturated carbocycles. The van der Waals surface area contributed by atoms with Crippen LogP contribution in [0, 0.1) is 17.8 Å². The Hall–Kier alpha value is -3.39. The van der Waals surface area contributed by atoms with Crippen molar-refractivity contribution in [1.82, 2.24) is 10.2 Å². The predicted octanol–water partition coefficient (Wildman–Crippen LogP) is -0.00170. The zero-order chi connectivity index (χ0) is 28.3. The molecule has 1 amide bonds. The van der Waals surface area contributed by atoms with E-state index in [0.29, 0.717) is 0 Å². The number of nitrogens with zero attached hydrogens (tertiary/aromatic N) is 1. The van der Waals surface area contributed by atoms with Crippen LogP contribution in [0.4, 0.5) is 8.78 Å². The second-order valence-electron chi connectivity index (χ2n) is 10.1. The summed E-state index contributed by atoms with van der Waals surface area (Å²) < 4.78 is 25.0. The molecule has 0 aromatic heterocycles. The normalized spacial score (nSPS) is 26.4. The van der Waals surface area contributed by atoms with Crippen molar-refractivity contribution >= 4 is 23.2 Å². The number of phenolic OH excluding ortho intramolecular Hbond substituents is 1. The fourth-order valence-corrected chi connectivity index (χ4v) is 6.21. The zero-order valence-electron chi connectivity index (χ0n) is 20.6. The molecule has 1 aromatic carbocycles. The van der Waals surface area contributed by atoms with E-state index in [1.807, 2.05) is 0 Å². The highest BCUT2D eigenvalue weighted by Gasteiger charge is 2.62. The fraction of sp³-hybridized carbons (Fsp3) is 0.480. The minimum absolute atomic E-state index is 0.0178. The van der Waals surface area contributed by atoms with Gasteiger partial charge >= 0.3 is 0 Å². The number of hydrogen-bond acceptors (Lipinski definition) is 10. The number of nitrogens with one attached hydrogen (secondary N) is 1. The topological polar surface area (TPSA) is 194 Å². The maximum Gasteiger partial charge on any atom is 0.253 e. The van der Waals surface area contributed by atoms with Gasteiger partial charge in [0.25, 0.3) is 12.3 Å². The van der Waals surface area contributed by atoms with Crippen LogP contribution >= 0.6 is 0 Å². The van der Waals surface area contributed by atoms with Gasteiger partial charge in [-0.05, 0) is 56.5 Å². The standard InChI is InChI=1S/C25H29F2N3O8/c1-30(2)20-12-6-9-5-11-10(14(32)7-29-8-15(26)27)3-4-13(31)17(11)21(33)16(9)22(34)18(12)25(37,38)19(23(20)35)24(28)36/h3-4,9,12,15,18,20,29,31,33,35,37-38H,5-8H2,1-2H3,(H2,28,36)/t9?,12?,18?,20-/m0/s1. The van der Waals surface area contributed by atoms with E-state index in [0.717, 1.165) is 6.07 Å². The number of benzene rings is 1. The van der Waals surface area contributed by atoms with Gasteiger partial charge in [0.05, 0.1) is 30.6 Å². The first kappa shape index (κ1) is 27.6. The summed E-state index contributed by atoms with van der Waals surface area (Å²) in [6.45, 7) is -1.14. The van der Waals surface area contributed by atoms with Crippen molar-refractivity contribution in [2.24, 2.45) is 23.5 Å². The van der Waals surface area contributed by atoms with Gasteiger partial charge in [0.15, 0.2) is 11.6 Å². The number of phenols is 1. The maximum atomic E-state index is 13.8. The van der Waals surface area contributed by atoms with Crippen LogP contribution in [-0.4, -0.2) is 93.3 Å². The van der Waals surface area contributed by atoms with Gasteiger partial charge in [0, 0.05) is 11.1 Å². The second-order valence-corrected chi connectivity index (χ2v) is 10.1. The van der Waals surface area contributed by atoms with Gasteiger partial charge in [-0.15, -0.1) is 0 Å². The number of aliphatic hydroxyl groups excluding tert-OH is 2. The molecule has 206 valence electrons. The second kappa shape index (κ2) is 9.73. The summed E-state index contributed by atoms with van der Waals surface area (Å²) in [7, 11) is 3.12. The van der Waals surface area contributed by atoms with E-state index in [1.165, 1.54) is 11.0 Å². The monoisotopic (exact) mass is 537 g/mol. The van der Waals surface area contributed by atoms with Crippen molar-refractivity contribution in [3.05, 3.63) is 45.7 Å². The number of alkyl halides is 2. The van der Waals surface area contributed by atoms with E-state index >= 15 is 0 Å². The van der Waals surface area contributed by atoms with Gasteiger partial charge in [0.1, 0.15) is 22.8 Å². The summed E-state index contributed by atoms with van der Waals surface area (Å²) in [5, 5.41) is 56.7. The van der Waals surface area contributed by atoms with Crippen LogP contribution in [0.3, 0.4) is 0 Å². The lowest BCUT2D eigenvalue weighted by molar-refractivity contribution is -0.203. The highest BCUT2D eigenvalue weighted by atomic mass is 19.3. The number of aliphatic hydroxyl groups is 4. The third kappa shape index (κ3) is 4.25. The molecule has 3 unspecified atom stereocenters. The van der Waals surface area contributed by atoms with Crippen LogP contribution in [-0.2, 0) is 16.0 Å². The van der Waals surface area contributed by atoms with Crippen LogP contribution in [0.1, 0.15) is 27.9 Å². The molecule has 0 spiro atoms. The molecule has 1 aromatic rings. The number of likely N-dealkylation sites (N-methyl/N-ethyl adjacent to an activating group) is 1.